The number of fused-ring (bicyclic) bond motifs is 1. The number of aliphatic hydroxyl groups is 1. The number of rotatable bonds is 2. The van der Waals surface area contributed by atoms with E-state index in [9.17, 15) is 5.11 Å². The van der Waals surface area contributed by atoms with Crippen LogP contribution in [-0.4, -0.2) is 22.3 Å². The maximum atomic E-state index is 9.33. The number of benzene rings is 1. The smallest absolute Gasteiger partial charge is 0.159 e. The molecule has 3 rings (SSSR count). The standard InChI is InChI=1S/C13H10Cl2INO2/c14-9-5-10(16)13(19-7-3-6(18)4-7)12-8(9)1-2-11(15)17-12/h1-2,5-7,18H,3-4H2. The molecule has 1 aromatic carbocycles. The molecule has 0 aliphatic heterocycles. The number of aliphatic hydroxyl groups excluding tert-OH is 1. The molecule has 100 valence electrons. The first-order valence-corrected chi connectivity index (χ1v) is 7.67. The van der Waals surface area contributed by atoms with Crippen molar-refractivity contribution in [3.8, 4) is 5.75 Å². The van der Waals surface area contributed by atoms with E-state index in [0.29, 0.717) is 34.3 Å². The molecule has 1 heterocycles. The highest BCUT2D eigenvalue weighted by molar-refractivity contribution is 14.1. The third-order valence-corrected chi connectivity index (χ3v) is 4.48. The molecular weight excluding hydrogens is 400 g/mol. The van der Waals surface area contributed by atoms with Crippen molar-refractivity contribution in [3.63, 3.8) is 0 Å². The highest BCUT2D eigenvalue weighted by atomic mass is 127. The predicted molar refractivity (Wildman–Crippen MR) is 84.1 cm³/mol. The van der Waals surface area contributed by atoms with Gasteiger partial charge in [-0.3, -0.25) is 0 Å². The summed E-state index contributed by atoms with van der Waals surface area (Å²) in [7, 11) is 0. The van der Waals surface area contributed by atoms with Crippen molar-refractivity contribution in [3.05, 3.63) is 31.9 Å². The van der Waals surface area contributed by atoms with Crippen LogP contribution in [0.3, 0.4) is 0 Å². The Hall–Kier alpha value is -0.300. The zero-order chi connectivity index (χ0) is 13.6. The lowest BCUT2D eigenvalue weighted by Gasteiger charge is -2.32. The van der Waals surface area contributed by atoms with Gasteiger partial charge in [0.1, 0.15) is 16.8 Å². The summed E-state index contributed by atoms with van der Waals surface area (Å²) in [6, 6.07) is 5.40. The van der Waals surface area contributed by atoms with Crippen LogP contribution in [0.15, 0.2) is 18.2 Å². The Morgan fingerprint density at radius 3 is 2.74 bits per heavy atom. The van der Waals surface area contributed by atoms with Crippen LogP contribution in [-0.2, 0) is 0 Å². The van der Waals surface area contributed by atoms with Crippen molar-refractivity contribution in [2.45, 2.75) is 25.0 Å². The van der Waals surface area contributed by atoms with Crippen molar-refractivity contribution in [2.24, 2.45) is 0 Å². The number of hydrogen-bond acceptors (Lipinski definition) is 3. The fourth-order valence-electron chi connectivity index (χ4n) is 2.08. The SMILES string of the molecule is OC1CC(Oc2c(I)cc(Cl)c3ccc(Cl)nc23)C1. The number of aromatic nitrogens is 1. The van der Waals surface area contributed by atoms with Gasteiger partial charge in [0.25, 0.3) is 0 Å². The van der Waals surface area contributed by atoms with Gasteiger partial charge in [-0.05, 0) is 40.8 Å². The van der Waals surface area contributed by atoms with Gasteiger partial charge in [-0.15, -0.1) is 0 Å². The van der Waals surface area contributed by atoms with Crippen molar-refractivity contribution in [1.82, 2.24) is 4.98 Å². The molecule has 0 unspecified atom stereocenters. The molecule has 0 bridgehead atoms. The Labute approximate surface area is 134 Å². The molecule has 1 fully saturated rings. The Kier molecular flexibility index (Phi) is 3.77. The van der Waals surface area contributed by atoms with Crippen LogP contribution in [0.1, 0.15) is 12.8 Å². The van der Waals surface area contributed by atoms with Crippen molar-refractivity contribution in [2.75, 3.05) is 0 Å². The summed E-state index contributed by atoms with van der Waals surface area (Å²) >= 11 is 14.3. The zero-order valence-corrected chi connectivity index (χ0v) is 13.4. The van der Waals surface area contributed by atoms with Crippen LogP contribution in [0, 0.1) is 3.57 Å². The van der Waals surface area contributed by atoms with Gasteiger partial charge in [0.05, 0.1) is 14.7 Å². The first-order chi connectivity index (χ1) is 9.04. The van der Waals surface area contributed by atoms with E-state index in [4.69, 9.17) is 27.9 Å². The maximum Gasteiger partial charge on any atom is 0.159 e. The van der Waals surface area contributed by atoms with E-state index in [1.165, 1.54) is 0 Å². The minimum Gasteiger partial charge on any atom is -0.487 e. The quantitative estimate of drug-likeness (QED) is 0.601. The summed E-state index contributed by atoms with van der Waals surface area (Å²) in [4.78, 5) is 4.32. The lowest BCUT2D eigenvalue weighted by Crippen LogP contribution is -2.37. The van der Waals surface area contributed by atoms with E-state index >= 15 is 0 Å². The summed E-state index contributed by atoms with van der Waals surface area (Å²) in [5.74, 6) is 0.694. The fourth-order valence-corrected chi connectivity index (χ4v) is 3.37. The molecule has 1 aliphatic carbocycles. The maximum absolute atomic E-state index is 9.33. The second-order valence-electron chi connectivity index (χ2n) is 4.56. The van der Waals surface area contributed by atoms with Gasteiger partial charge in [-0.2, -0.15) is 0 Å². The zero-order valence-electron chi connectivity index (χ0n) is 9.74. The van der Waals surface area contributed by atoms with Gasteiger partial charge in [-0.1, -0.05) is 23.2 Å². The Balaban J connectivity index is 2.08. The van der Waals surface area contributed by atoms with Crippen molar-refractivity contribution < 1.29 is 9.84 Å². The Morgan fingerprint density at radius 1 is 1.32 bits per heavy atom. The second kappa shape index (κ2) is 5.24. The highest BCUT2D eigenvalue weighted by Crippen LogP contribution is 2.38. The first-order valence-electron chi connectivity index (χ1n) is 5.83. The first kappa shape index (κ1) is 13.7. The molecule has 6 heteroatoms. The molecule has 0 spiro atoms. The molecule has 1 N–H and O–H groups in total. The average Bonchev–Trinajstić information content (AvgIpc) is 2.31. The summed E-state index contributed by atoms with van der Waals surface area (Å²) in [5.41, 5.74) is 0.672. The lowest BCUT2D eigenvalue weighted by molar-refractivity contribution is -0.0105. The van der Waals surface area contributed by atoms with Crippen LogP contribution in [0.5, 0.6) is 5.75 Å². The molecule has 3 nitrogen and oxygen atoms in total. The summed E-state index contributed by atoms with van der Waals surface area (Å²) in [6.07, 6.45) is 1.09. The minimum atomic E-state index is -0.252. The fraction of sp³-hybridized carbons (Fsp3) is 0.308. The Morgan fingerprint density at radius 2 is 2.05 bits per heavy atom. The molecule has 0 atom stereocenters. The van der Waals surface area contributed by atoms with E-state index < -0.39 is 0 Å². The number of hydrogen-bond donors (Lipinski definition) is 1. The second-order valence-corrected chi connectivity index (χ2v) is 6.52. The molecule has 0 amide bonds. The van der Waals surface area contributed by atoms with E-state index in [0.717, 1.165) is 8.96 Å². The number of nitrogens with zero attached hydrogens (tertiary/aromatic N) is 1. The molecule has 1 aliphatic rings. The van der Waals surface area contributed by atoms with Gasteiger partial charge in [-0.25, -0.2) is 4.98 Å². The highest BCUT2D eigenvalue weighted by Gasteiger charge is 2.30. The van der Waals surface area contributed by atoms with E-state index in [-0.39, 0.29) is 12.2 Å². The molecule has 1 saturated carbocycles. The van der Waals surface area contributed by atoms with Crippen LogP contribution in [0.25, 0.3) is 10.9 Å². The number of pyridine rings is 1. The van der Waals surface area contributed by atoms with Crippen LogP contribution >= 0.6 is 45.8 Å². The molecule has 19 heavy (non-hydrogen) atoms. The minimum absolute atomic E-state index is 0.0358. The van der Waals surface area contributed by atoms with E-state index in [1.54, 1.807) is 6.07 Å². The number of ether oxygens (including phenoxy) is 1. The van der Waals surface area contributed by atoms with Crippen LogP contribution in [0.4, 0.5) is 0 Å². The van der Waals surface area contributed by atoms with E-state index in [2.05, 4.69) is 27.6 Å². The molecule has 2 aromatic rings. The van der Waals surface area contributed by atoms with Gasteiger partial charge >= 0.3 is 0 Å². The predicted octanol–water partition coefficient (Wildman–Crippen LogP) is 4.05. The average molecular weight is 410 g/mol. The van der Waals surface area contributed by atoms with E-state index in [1.807, 2.05) is 12.1 Å². The third-order valence-electron chi connectivity index (χ3n) is 3.16. The normalized spacial score (nSPS) is 22.3. The van der Waals surface area contributed by atoms with Crippen molar-refractivity contribution >= 4 is 56.7 Å². The van der Waals surface area contributed by atoms with Gasteiger partial charge in [0.15, 0.2) is 5.75 Å². The molecule has 0 saturated heterocycles. The summed E-state index contributed by atoms with van der Waals surface area (Å²) in [5, 5.41) is 11.2. The monoisotopic (exact) mass is 409 g/mol. The van der Waals surface area contributed by atoms with Gasteiger partial charge < -0.3 is 9.84 Å². The molecular formula is C13H10Cl2INO2. The van der Waals surface area contributed by atoms with Crippen LogP contribution in [0.2, 0.25) is 10.2 Å². The summed E-state index contributed by atoms with van der Waals surface area (Å²) < 4.78 is 6.82. The van der Waals surface area contributed by atoms with Gasteiger partial charge in [0, 0.05) is 18.2 Å². The van der Waals surface area contributed by atoms with Crippen molar-refractivity contribution in [1.29, 1.82) is 0 Å². The van der Waals surface area contributed by atoms with Crippen LogP contribution < -0.4 is 4.74 Å². The number of halogens is 3. The Bertz CT molecular complexity index is 644. The van der Waals surface area contributed by atoms with Gasteiger partial charge in [0.2, 0.25) is 0 Å². The third kappa shape index (κ3) is 2.63. The largest absolute Gasteiger partial charge is 0.487 e. The molecule has 1 aromatic heterocycles. The molecule has 0 radical (unpaired) electrons. The summed E-state index contributed by atoms with van der Waals surface area (Å²) in [6.45, 7) is 0. The topological polar surface area (TPSA) is 42.4 Å². The lowest BCUT2D eigenvalue weighted by atomic mass is 9.92.